The molecule has 2 rings (SSSR count). The van der Waals surface area contributed by atoms with Crippen LogP contribution in [0.4, 0.5) is 0 Å². The van der Waals surface area contributed by atoms with E-state index < -0.39 is 0 Å². The second kappa shape index (κ2) is 6.57. The molecular weight excluding hydrogens is 288 g/mol. The predicted octanol–water partition coefficient (Wildman–Crippen LogP) is 2.43. The maximum absolute atomic E-state index is 11.6. The maximum Gasteiger partial charge on any atom is 0.261 e. The fourth-order valence-electron chi connectivity index (χ4n) is 2.24. The Labute approximate surface area is 111 Å². The van der Waals surface area contributed by atoms with Crippen molar-refractivity contribution in [1.82, 2.24) is 9.69 Å². The number of aromatic amines is 1. The molecule has 2 heterocycles. The van der Waals surface area contributed by atoms with Crippen LogP contribution in [-0.4, -0.2) is 17.5 Å². The van der Waals surface area contributed by atoms with E-state index in [1.807, 2.05) is 0 Å². The van der Waals surface area contributed by atoms with E-state index in [9.17, 15) is 4.79 Å². The molecule has 0 aliphatic carbocycles. The zero-order valence-electron chi connectivity index (χ0n) is 9.54. The summed E-state index contributed by atoms with van der Waals surface area (Å²) in [5.41, 5.74) is 1.20. The van der Waals surface area contributed by atoms with Gasteiger partial charge in [0.15, 0.2) is 0 Å². The topological polar surface area (TPSA) is 44.9 Å². The highest BCUT2D eigenvalue weighted by Gasteiger charge is 2.21. The third-order valence-electron chi connectivity index (χ3n) is 3.04. The van der Waals surface area contributed by atoms with Gasteiger partial charge in [0.2, 0.25) is 0 Å². The van der Waals surface area contributed by atoms with Gasteiger partial charge < -0.3 is 5.32 Å². The van der Waals surface area contributed by atoms with Crippen molar-refractivity contribution in [1.29, 1.82) is 0 Å². The molecule has 0 unspecified atom stereocenters. The summed E-state index contributed by atoms with van der Waals surface area (Å²) in [5.74, 6) is 0.608. The Balaban J connectivity index is 0.00000128. The van der Waals surface area contributed by atoms with Gasteiger partial charge in [-0.15, -0.1) is 17.0 Å². The van der Waals surface area contributed by atoms with Gasteiger partial charge in [0.05, 0.1) is 0 Å². The lowest BCUT2D eigenvalue weighted by Crippen LogP contribution is -2.27. The average Bonchev–Trinajstić information content (AvgIpc) is 2.63. The molecule has 3 nitrogen and oxygen atoms in total. The van der Waals surface area contributed by atoms with Gasteiger partial charge in [0.1, 0.15) is 0 Å². The summed E-state index contributed by atoms with van der Waals surface area (Å²) in [5, 5.41) is 3.36. The van der Waals surface area contributed by atoms with Gasteiger partial charge in [0.25, 0.3) is 5.56 Å². The number of hydrogen-bond acceptors (Lipinski definition) is 3. The van der Waals surface area contributed by atoms with E-state index in [4.69, 9.17) is 0 Å². The Bertz CT molecular complexity index is 368. The van der Waals surface area contributed by atoms with Crippen molar-refractivity contribution in [3.63, 3.8) is 0 Å². The van der Waals surface area contributed by atoms with Crippen LogP contribution in [0, 0.1) is 0 Å². The van der Waals surface area contributed by atoms with Crippen LogP contribution in [0.15, 0.2) is 4.79 Å². The van der Waals surface area contributed by atoms with Crippen LogP contribution >= 0.6 is 28.5 Å². The minimum absolute atomic E-state index is 0. The normalized spacial score (nSPS) is 17.1. The van der Waals surface area contributed by atoms with Crippen molar-refractivity contribution >= 4 is 28.5 Å². The summed E-state index contributed by atoms with van der Waals surface area (Å²) in [6, 6.07) is 0. The van der Waals surface area contributed by atoms with Crippen LogP contribution in [0.25, 0.3) is 0 Å². The van der Waals surface area contributed by atoms with Gasteiger partial charge in [0, 0.05) is 10.4 Å². The summed E-state index contributed by atoms with van der Waals surface area (Å²) in [6.45, 7) is 4.30. The zero-order valence-corrected chi connectivity index (χ0v) is 12.1. The van der Waals surface area contributed by atoms with Crippen LogP contribution in [0.2, 0.25) is 0 Å². The Morgan fingerprint density at radius 2 is 2.06 bits per heavy atom. The van der Waals surface area contributed by atoms with E-state index in [1.54, 1.807) is 11.5 Å². The molecule has 0 aromatic carbocycles. The van der Waals surface area contributed by atoms with E-state index in [2.05, 4.69) is 16.6 Å². The van der Waals surface area contributed by atoms with Crippen molar-refractivity contribution in [3.8, 4) is 0 Å². The molecule has 1 fully saturated rings. The van der Waals surface area contributed by atoms with Crippen LogP contribution in [0.3, 0.4) is 0 Å². The molecule has 0 spiro atoms. The van der Waals surface area contributed by atoms with Gasteiger partial charge in [-0.1, -0.05) is 24.9 Å². The highest BCUT2D eigenvalue weighted by atomic mass is 79.9. The Morgan fingerprint density at radius 3 is 2.69 bits per heavy atom. The molecule has 16 heavy (non-hydrogen) atoms. The van der Waals surface area contributed by atoms with E-state index in [0.29, 0.717) is 5.92 Å². The fraction of sp³-hybridized carbons (Fsp3) is 0.727. The summed E-state index contributed by atoms with van der Waals surface area (Å²) in [4.78, 5) is 12.9. The number of H-pyrrole nitrogens is 1. The van der Waals surface area contributed by atoms with Crippen molar-refractivity contribution in [2.75, 3.05) is 13.1 Å². The number of nitrogens with one attached hydrogen (secondary N) is 2. The molecule has 1 saturated heterocycles. The molecule has 1 aromatic rings. The molecular formula is C11H19BrN2OS. The number of piperidine rings is 1. The van der Waals surface area contributed by atoms with Crippen LogP contribution < -0.4 is 10.9 Å². The van der Waals surface area contributed by atoms with Crippen molar-refractivity contribution in [2.24, 2.45) is 0 Å². The average molecular weight is 307 g/mol. The third-order valence-corrected chi connectivity index (χ3v) is 4.12. The number of rotatable bonds is 3. The Kier molecular flexibility index (Phi) is 5.72. The molecule has 2 N–H and O–H groups in total. The zero-order chi connectivity index (χ0) is 10.7. The standard InChI is InChI=1S/C11H18N2OS.BrH/c1-2-3-9-10(15-13-11(9)14)8-4-6-12-7-5-8;/h8,12H,2-7H2,1H3,(H,13,14);1H. The highest BCUT2D eigenvalue weighted by Crippen LogP contribution is 2.29. The first-order chi connectivity index (χ1) is 7.33. The predicted molar refractivity (Wildman–Crippen MR) is 74.1 cm³/mol. The third kappa shape index (κ3) is 2.96. The molecule has 0 radical (unpaired) electrons. The van der Waals surface area contributed by atoms with Gasteiger partial charge in [-0.25, -0.2) is 0 Å². The van der Waals surface area contributed by atoms with E-state index in [-0.39, 0.29) is 22.5 Å². The van der Waals surface area contributed by atoms with E-state index in [1.165, 1.54) is 17.7 Å². The maximum atomic E-state index is 11.6. The molecule has 0 atom stereocenters. The van der Waals surface area contributed by atoms with E-state index >= 15 is 0 Å². The number of hydrogen-bond donors (Lipinski definition) is 2. The summed E-state index contributed by atoms with van der Waals surface area (Å²) in [7, 11) is 0. The minimum Gasteiger partial charge on any atom is -0.317 e. The Morgan fingerprint density at radius 1 is 1.38 bits per heavy atom. The lowest BCUT2D eigenvalue weighted by molar-refractivity contribution is 0.463. The van der Waals surface area contributed by atoms with Crippen molar-refractivity contribution in [3.05, 3.63) is 20.8 Å². The molecule has 1 aromatic heterocycles. The fourth-order valence-corrected chi connectivity index (χ4v) is 3.28. The number of aromatic nitrogens is 1. The van der Waals surface area contributed by atoms with Crippen LogP contribution in [-0.2, 0) is 6.42 Å². The largest absolute Gasteiger partial charge is 0.317 e. The van der Waals surface area contributed by atoms with Crippen LogP contribution in [0.5, 0.6) is 0 Å². The van der Waals surface area contributed by atoms with Gasteiger partial charge in [-0.2, -0.15) is 0 Å². The molecule has 1 aliphatic rings. The summed E-state index contributed by atoms with van der Waals surface area (Å²) < 4.78 is 2.89. The van der Waals surface area contributed by atoms with Gasteiger partial charge in [-0.3, -0.25) is 9.17 Å². The number of halogens is 1. The molecule has 5 heteroatoms. The molecule has 0 bridgehead atoms. The summed E-state index contributed by atoms with van der Waals surface area (Å²) >= 11 is 1.56. The summed E-state index contributed by atoms with van der Waals surface area (Å²) in [6.07, 6.45) is 4.32. The van der Waals surface area contributed by atoms with Crippen molar-refractivity contribution < 1.29 is 0 Å². The van der Waals surface area contributed by atoms with Gasteiger partial charge in [-0.05, 0) is 38.3 Å². The second-order valence-electron chi connectivity index (χ2n) is 4.15. The molecule has 92 valence electrons. The molecule has 0 amide bonds. The smallest absolute Gasteiger partial charge is 0.261 e. The second-order valence-corrected chi connectivity index (χ2v) is 5.00. The molecule has 1 aliphatic heterocycles. The SMILES string of the molecule is Br.CCCc1c(C2CCNCC2)s[nH]c1=O. The van der Waals surface area contributed by atoms with Gasteiger partial charge >= 0.3 is 0 Å². The highest BCUT2D eigenvalue weighted by molar-refractivity contribution is 8.93. The first kappa shape index (κ1) is 13.9. The van der Waals surface area contributed by atoms with Crippen molar-refractivity contribution in [2.45, 2.75) is 38.5 Å². The lowest BCUT2D eigenvalue weighted by atomic mass is 9.93. The lowest BCUT2D eigenvalue weighted by Gasteiger charge is -2.22. The quantitative estimate of drug-likeness (QED) is 0.901. The molecule has 0 saturated carbocycles. The first-order valence-corrected chi connectivity index (χ1v) is 6.55. The van der Waals surface area contributed by atoms with E-state index in [0.717, 1.165) is 31.5 Å². The van der Waals surface area contributed by atoms with Crippen LogP contribution in [0.1, 0.15) is 42.5 Å². The minimum atomic E-state index is 0. The first-order valence-electron chi connectivity index (χ1n) is 5.74. The Hall–Kier alpha value is -0.130. The monoisotopic (exact) mass is 306 g/mol.